The van der Waals surface area contributed by atoms with Crippen molar-refractivity contribution in [3.8, 4) is 11.4 Å². The molecule has 0 fully saturated rings. The van der Waals surface area contributed by atoms with E-state index in [1.807, 2.05) is 37.5 Å². The number of aryl methyl sites for hydroxylation is 1. The van der Waals surface area contributed by atoms with E-state index in [1.54, 1.807) is 15.5 Å². The van der Waals surface area contributed by atoms with Crippen molar-refractivity contribution in [3.63, 3.8) is 0 Å². The molecule has 0 aliphatic heterocycles. The molecule has 0 aliphatic rings. The van der Waals surface area contributed by atoms with Crippen molar-refractivity contribution >= 4 is 28.3 Å². The summed E-state index contributed by atoms with van der Waals surface area (Å²) in [5, 5.41) is 10.2. The van der Waals surface area contributed by atoms with Crippen LogP contribution in [-0.4, -0.2) is 29.4 Å². The van der Waals surface area contributed by atoms with Gasteiger partial charge in [-0.05, 0) is 12.1 Å². The Bertz CT molecular complexity index is 938. The summed E-state index contributed by atoms with van der Waals surface area (Å²) >= 11 is 6.19. The number of fused-ring (bicyclic) bond motifs is 3. The quantitative estimate of drug-likeness (QED) is 0.538. The molecule has 3 aromatic heterocycles. The zero-order valence-electron chi connectivity index (χ0n) is 10.5. The molecule has 98 valence electrons. The molecule has 1 aromatic carbocycles. The van der Waals surface area contributed by atoms with Gasteiger partial charge in [-0.1, -0.05) is 23.7 Å². The molecule has 0 spiro atoms. The van der Waals surface area contributed by atoms with Gasteiger partial charge in [-0.3, -0.25) is 4.68 Å². The molecule has 0 atom stereocenters. The fourth-order valence-electron chi connectivity index (χ4n) is 2.18. The molecular formula is C13H9ClN6. The monoisotopic (exact) mass is 284 g/mol. The SMILES string of the molecule is Cn1cc2c(ncn3nc(-c4ccccc4Cl)nc23)n1. The number of halogens is 1. The van der Waals surface area contributed by atoms with Crippen LogP contribution in [-0.2, 0) is 7.05 Å². The first-order valence-electron chi connectivity index (χ1n) is 6.02. The van der Waals surface area contributed by atoms with Gasteiger partial charge < -0.3 is 0 Å². The summed E-state index contributed by atoms with van der Waals surface area (Å²) < 4.78 is 3.35. The van der Waals surface area contributed by atoms with Gasteiger partial charge in [-0.15, -0.1) is 5.10 Å². The lowest BCUT2D eigenvalue weighted by Gasteiger charge is -1.96. The normalized spacial score (nSPS) is 11.5. The van der Waals surface area contributed by atoms with E-state index >= 15 is 0 Å². The van der Waals surface area contributed by atoms with Crippen molar-refractivity contribution in [1.82, 2.24) is 29.4 Å². The lowest BCUT2D eigenvalue weighted by Crippen LogP contribution is -1.90. The highest BCUT2D eigenvalue weighted by atomic mass is 35.5. The number of nitrogens with zero attached hydrogens (tertiary/aromatic N) is 6. The first-order chi connectivity index (χ1) is 9.72. The fourth-order valence-corrected chi connectivity index (χ4v) is 2.40. The van der Waals surface area contributed by atoms with Gasteiger partial charge in [0.15, 0.2) is 17.1 Å². The van der Waals surface area contributed by atoms with E-state index in [2.05, 4.69) is 20.2 Å². The van der Waals surface area contributed by atoms with E-state index in [4.69, 9.17) is 11.6 Å². The van der Waals surface area contributed by atoms with Gasteiger partial charge in [0.05, 0.1) is 10.4 Å². The van der Waals surface area contributed by atoms with Gasteiger partial charge in [0, 0.05) is 18.8 Å². The highest BCUT2D eigenvalue weighted by molar-refractivity contribution is 6.33. The largest absolute Gasteiger partial charge is 0.273 e. The van der Waals surface area contributed by atoms with Crippen LogP contribution in [0.5, 0.6) is 0 Å². The summed E-state index contributed by atoms with van der Waals surface area (Å²) in [5.74, 6) is 0.578. The van der Waals surface area contributed by atoms with Crippen LogP contribution in [0.3, 0.4) is 0 Å². The Morgan fingerprint density at radius 2 is 2.00 bits per heavy atom. The second kappa shape index (κ2) is 4.01. The van der Waals surface area contributed by atoms with Gasteiger partial charge >= 0.3 is 0 Å². The van der Waals surface area contributed by atoms with Crippen molar-refractivity contribution in [3.05, 3.63) is 41.8 Å². The van der Waals surface area contributed by atoms with Crippen molar-refractivity contribution in [2.24, 2.45) is 7.05 Å². The fraction of sp³-hybridized carbons (Fsp3) is 0.0769. The number of benzene rings is 1. The average molecular weight is 285 g/mol. The van der Waals surface area contributed by atoms with E-state index in [-0.39, 0.29) is 0 Å². The minimum absolute atomic E-state index is 0.578. The molecule has 4 aromatic rings. The zero-order valence-corrected chi connectivity index (χ0v) is 11.3. The summed E-state index contributed by atoms with van der Waals surface area (Å²) in [6.45, 7) is 0. The molecule has 0 N–H and O–H groups in total. The molecule has 0 radical (unpaired) electrons. The Hall–Kier alpha value is -2.47. The molecule has 0 saturated heterocycles. The standard InChI is InChI=1S/C13H9ClN6/c1-19-6-9-11(17-19)15-7-20-13(9)16-12(18-20)8-4-2-3-5-10(8)14/h2-7H,1H3. The third-order valence-corrected chi connectivity index (χ3v) is 3.42. The highest BCUT2D eigenvalue weighted by Gasteiger charge is 2.13. The zero-order chi connectivity index (χ0) is 13.7. The second-order valence-electron chi connectivity index (χ2n) is 4.47. The average Bonchev–Trinajstić information content (AvgIpc) is 3.00. The molecule has 0 unspecified atom stereocenters. The summed E-state index contributed by atoms with van der Waals surface area (Å²) in [4.78, 5) is 8.81. The molecule has 0 saturated carbocycles. The van der Waals surface area contributed by atoms with E-state index in [9.17, 15) is 0 Å². The Morgan fingerprint density at radius 1 is 1.15 bits per heavy atom. The van der Waals surface area contributed by atoms with Crippen LogP contribution in [0.2, 0.25) is 5.02 Å². The summed E-state index contributed by atoms with van der Waals surface area (Å²) in [6, 6.07) is 7.50. The molecule has 20 heavy (non-hydrogen) atoms. The minimum atomic E-state index is 0.578. The van der Waals surface area contributed by atoms with E-state index in [0.717, 1.165) is 16.6 Å². The van der Waals surface area contributed by atoms with E-state index in [0.29, 0.717) is 16.5 Å². The maximum absolute atomic E-state index is 6.19. The van der Waals surface area contributed by atoms with Gasteiger partial charge in [-0.2, -0.15) is 5.10 Å². The Labute approximate surface area is 118 Å². The lowest BCUT2D eigenvalue weighted by atomic mass is 10.2. The smallest absolute Gasteiger partial charge is 0.186 e. The Morgan fingerprint density at radius 3 is 2.85 bits per heavy atom. The third-order valence-electron chi connectivity index (χ3n) is 3.09. The van der Waals surface area contributed by atoms with Crippen molar-refractivity contribution in [2.45, 2.75) is 0 Å². The predicted molar refractivity (Wildman–Crippen MR) is 75.5 cm³/mol. The van der Waals surface area contributed by atoms with E-state index < -0.39 is 0 Å². The van der Waals surface area contributed by atoms with Crippen LogP contribution in [0.1, 0.15) is 0 Å². The van der Waals surface area contributed by atoms with Crippen LogP contribution < -0.4 is 0 Å². The van der Waals surface area contributed by atoms with Crippen LogP contribution in [0.4, 0.5) is 0 Å². The molecule has 0 bridgehead atoms. The number of aromatic nitrogens is 6. The molecule has 0 amide bonds. The number of rotatable bonds is 1. The second-order valence-corrected chi connectivity index (χ2v) is 4.88. The van der Waals surface area contributed by atoms with Crippen molar-refractivity contribution in [2.75, 3.05) is 0 Å². The molecule has 7 heteroatoms. The highest BCUT2D eigenvalue weighted by Crippen LogP contribution is 2.26. The van der Waals surface area contributed by atoms with Gasteiger partial charge in [0.1, 0.15) is 6.33 Å². The Balaban J connectivity index is 2.03. The third kappa shape index (κ3) is 1.58. The first kappa shape index (κ1) is 11.4. The predicted octanol–water partition coefficient (Wildman–Crippen LogP) is 2.33. The maximum atomic E-state index is 6.19. The van der Waals surface area contributed by atoms with Crippen LogP contribution in [0.15, 0.2) is 36.8 Å². The molecular weight excluding hydrogens is 276 g/mol. The van der Waals surface area contributed by atoms with Crippen LogP contribution >= 0.6 is 11.6 Å². The number of hydrogen-bond donors (Lipinski definition) is 0. The molecule has 6 nitrogen and oxygen atoms in total. The minimum Gasteiger partial charge on any atom is -0.273 e. The summed E-state index contributed by atoms with van der Waals surface area (Å²) in [5.41, 5.74) is 2.17. The molecule has 3 heterocycles. The molecule has 4 rings (SSSR count). The summed E-state index contributed by atoms with van der Waals surface area (Å²) in [7, 11) is 1.85. The van der Waals surface area contributed by atoms with Gasteiger partial charge in [-0.25, -0.2) is 14.5 Å². The van der Waals surface area contributed by atoms with Gasteiger partial charge in [0.25, 0.3) is 0 Å². The van der Waals surface area contributed by atoms with Crippen LogP contribution in [0.25, 0.3) is 28.1 Å². The topological polar surface area (TPSA) is 60.9 Å². The van der Waals surface area contributed by atoms with Crippen molar-refractivity contribution < 1.29 is 0 Å². The van der Waals surface area contributed by atoms with Crippen LogP contribution in [0, 0.1) is 0 Å². The Kier molecular flexibility index (Phi) is 2.28. The lowest BCUT2D eigenvalue weighted by molar-refractivity contribution is 0.775. The first-order valence-corrected chi connectivity index (χ1v) is 6.40. The maximum Gasteiger partial charge on any atom is 0.186 e. The van der Waals surface area contributed by atoms with Crippen molar-refractivity contribution in [1.29, 1.82) is 0 Å². The van der Waals surface area contributed by atoms with E-state index in [1.165, 1.54) is 0 Å². The van der Waals surface area contributed by atoms with Gasteiger partial charge in [0.2, 0.25) is 0 Å². The molecule has 0 aliphatic carbocycles. The number of hydrogen-bond acceptors (Lipinski definition) is 4. The summed E-state index contributed by atoms with van der Waals surface area (Å²) in [6.07, 6.45) is 3.49.